The Hall–Kier alpha value is -1.06. The quantitative estimate of drug-likeness (QED) is 0.687. The number of aliphatic hydroxyl groups is 1. The van der Waals surface area contributed by atoms with Gasteiger partial charge in [-0.2, -0.15) is 0 Å². The topological polar surface area (TPSA) is 55.5 Å². The first kappa shape index (κ1) is 17.0. The van der Waals surface area contributed by atoms with Crippen molar-refractivity contribution in [3.63, 3.8) is 0 Å². The van der Waals surface area contributed by atoms with E-state index in [9.17, 15) is 5.11 Å². The van der Waals surface area contributed by atoms with Crippen molar-refractivity contribution in [2.45, 2.75) is 52.1 Å². The lowest BCUT2D eigenvalue weighted by Crippen LogP contribution is -2.12. The molecule has 0 aromatic heterocycles. The van der Waals surface area contributed by atoms with Gasteiger partial charge >= 0.3 is 0 Å². The molecule has 3 nitrogen and oxygen atoms in total. The van der Waals surface area contributed by atoms with Crippen molar-refractivity contribution in [3.8, 4) is 5.75 Å². The monoisotopic (exact) mass is 279 g/mol. The van der Waals surface area contributed by atoms with E-state index >= 15 is 0 Å². The summed E-state index contributed by atoms with van der Waals surface area (Å²) >= 11 is 0. The molecule has 1 rings (SSSR count). The molecule has 0 heterocycles. The second kappa shape index (κ2) is 9.78. The number of hydrogen-bond donors (Lipinski definition) is 2. The van der Waals surface area contributed by atoms with Gasteiger partial charge in [0.2, 0.25) is 0 Å². The van der Waals surface area contributed by atoms with Crippen LogP contribution in [-0.2, 0) is 0 Å². The van der Waals surface area contributed by atoms with Crippen LogP contribution in [0.4, 0.5) is 0 Å². The first-order valence-electron chi connectivity index (χ1n) is 7.82. The van der Waals surface area contributed by atoms with Crippen molar-refractivity contribution < 1.29 is 9.84 Å². The van der Waals surface area contributed by atoms with Gasteiger partial charge in [-0.05, 0) is 49.4 Å². The number of nitrogens with two attached hydrogens (primary N) is 1. The standard InChI is InChI=1S/C17H29NO2/c1-3-6-14(7-4-2)13-20-16-9-5-8-15(12-16)17(19)10-11-18/h5,8-9,12,14,17,19H,3-4,6-7,10-11,13,18H2,1-2H3/t17-/m1/s1. The molecule has 0 fully saturated rings. The lowest BCUT2D eigenvalue weighted by molar-refractivity contribution is 0.169. The Morgan fingerprint density at radius 2 is 1.85 bits per heavy atom. The van der Waals surface area contributed by atoms with Crippen molar-refractivity contribution >= 4 is 0 Å². The molecule has 0 aliphatic carbocycles. The minimum atomic E-state index is -0.495. The normalized spacial score (nSPS) is 12.7. The van der Waals surface area contributed by atoms with E-state index in [2.05, 4.69) is 13.8 Å². The van der Waals surface area contributed by atoms with E-state index in [1.54, 1.807) is 0 Å². The molecular formula is C17H29NO2. The lowest BCUT2D eigenvalue weighted by atomic mass is 9.99. The molecule has 3 N–H and O–H groups in total. The van der Waals surface area contributed by atoms with Gasteiger partial charge in [0, 0.05) is 0 Å². The highest BCUT2D eigenvalue weighted by molar-refractivity contribution is 5.29. The third-order valence-electron chi connectivity index (χ3n) is 3.56. The number of hydrogen-bond acceptors (Lipinski definition) is 3. The van der Waals surface area contributed by atoms with Crippen molar-refractivity contribution in [3.05, 3.63) is 29.8 Å². The molecule has 0 radical (unpaired) electrons. The molecule has 1 aromatic carbocycles. The minimum absolute atomic E-state index is 0.487. The molecular weight excluding hydrogens is 250 g/mol. The average Bonchev–Trinajstić information content (AvgIpc) is 2.46. The fourth-order valence-corrected chi connectivity index (χ4v) is 2.48. The van der Waals surface area contributed by atoms with E-state index in [-0.39, 0.29) is 0 Å². The summed E-state index contributed by atoms with van der Waals surface area (Å²) in [5, 5.41) is 9.96. The zero-order valence-corrected chi connectivity index (χ0v) is 12.8. The van der Waals surface area contributed by atoms with Crippen molar-refractivity contribution in [2.75, 3.05) is 13.2 Å². The molecule has 114 valence electrons. The maximum atomic E-state index is 9.96. The zero-order valence-electron chi connectivity index (χ0n) is 12.8. The molecule has 0 saturated carbocycles. The maximum absolute atomic E-state index is 9.96. The predicted molar refractivity (Wildman–Crippen MR) is 83.9 cm³/mol. The highest BCUT2D eigenvalue weighted by atomic mass is 16.5. The van der Waals surface area contributed by atoms with Gasteiger partial charge in [0.25, 0.3) is 0 Å². The first-order valence-corrected chi connectivity index (χ1v) is 7.82. The number of ether oxygens (including phenoxy) is 1. The Labute approximate surface area is 123 Å². The molecule has 0 aliphatic rings. The molecule has 20 heavy (non-hydrogen) atoms. The number of rotatable bonds is 10. The molecule has 3 heteroatoms. The van der Waals surface area contributed by atoms with E-state index in [1.165, 1.54) is 25.7 Å². The molecule has 1 aromatic rings. The van der Waals surface area contributed by atoms with Gasteiger partial charge in [-0.25, -0.2) is 0 Å². The average molecular weight is 279 g/mol. The second-order valence-corrected chi connectivity index (χ2v) is 5.42. The largest absolute Gasteiger partial charge is 0.493 e. The van der Waals surface area contributed by atoms with Gasteiger partial charge in [0.15, 0.2) is 0 Å². The van der Waals surface area contributed by atoms with Crippen LogP contribution in [0, 0.1) is 5.92 Å². The van der Waals surface area contributed by atoms with Crippen LogP contribution in [0.25, 0.3) is 0 Å². The molecule has 0 bridgehead atoms. The molecule has 0 aliphatic heterocycles. The van der Waals surface area contributed by atoms with Gasteiger partial charge in [-0.3, -0.25) is 0 Å². The fraction of sp³-hybridized carbons (Fsp3) is 0.647. The lowest BCUT2D eigenvalue weighted by Gasteiger charge is -2.17. The van der Waals surface area contributed by atoms with Gasteiger partial charge in [0.1, 0.15) is 5.75 Å². The number of aliphatic hydroxyl groups excluding tert-OH is 1. The van der Waals surface area contributed by atoms with Crippen LogP contribution in [0.1, 0.15) is 57.6 Å². The van der Waals surface area contributed by atoms with Gasteiger partial charge in [-0.15, -0.1) is 0 Å². The Kier molecular flexibility index (Phi) is 8.31. The summed E-state index contributed by atoms with van der Waals surface area (Å²) in [6.45, 7) is 5.68. The highest BCUT2D eigenvalue weighted by Crippen LogP contribution is 2.22. The van der Waals surface area contributed by atoms with Crippen LogP contribution in [0.5, 0.6) is 5.75 Å². The predicted octanol–water partition coefficient (Wildman–Crippen LogP) is 3.66. The van der Waals surface area contributed by atoms with Gasteiger partial charge in [0.05, 0.1) is 12.7 Å². The van der Waals surface area contributed by atoms with Crippen molar-refractivity contribution in [1.82, 2.24) is 0 Å². The van der Waals surface area contributed by atoms with Crippen LogP contribution in [0.2, 0.25) is 0 Å². The molecule has 0 unspecified atom stereocenters. The zero-order chi connectivity index (χ0) is 14.8. The van der Waals surface area contributed by atoms with Crippen LogP contribution in [-0.4, -0.2) is 18.3 Å². The van der Waals surface area contributed by atoms with Gasteiger partial charge in [-0.1, -0.05) is 38.8 Å². The summed E-state index contributed by atoms with van der Waals surface area (Å²) in [5.74, 6) is 1.47. The number of benzene rings is 1. The smallest absolute Gasteiger partial charge is 0.119 e. The Morgan fingerprint density at radius 1 is 1.15 bits per heavy atom. The first-order chi connectivity index (χ1) is 9.71. The highest BCUT2D eigenvalue weighted by Gasteiger charge is 2.10. The second-order valence-electron chi connectivity index (χ2n) is 5.42. The van der Waals surface area contributed by atoms with E-state index < -0.39 is 6.10 Å². The summed E-state index contributed by atoms with van der Waals surface area (Å²) in [6.07, 6.45) is 4.90. The van der Waals surface area contributed by atoms with E-state index in [4.69, 9.17) is 10.5 Å². The van der Waals surface area contributed by atoms with Crippen molar-refractivity contribution in [1.29, 1.82) is 0 Å². The van der Waals surface area contributed by atoms with Crippen LogP contribution in [0.15, 0.2) is 24.3 Å². The SMILES string of the molecule is CCCC(CCC)COc1cccc([C@H](O)CCN)c1. The Balaban J connectivity index is 2.56. The molecule has 0 saturated heterocycles. The van der Waals surface area contributed by atoms with E-state index in [0.717, 1.165) is 17.9 Å². The third-order valence-corrected chi connectivity index (χ3v) is 3.56. The molecule has 0 spiro atoms. The van der Waals surface area contributed by atoms with Crippen molar-refractivity contribution in [2.24, 2.45) is 11.7 Å². The van der Waals surface area contributed by atoms with Gasteiger partial charge < -0.3 is 15.6 Å². The summed E-state index contributed by atoms with van der Waals surface area (Å²) in [7, 11) is 0. The minimum Gasteiger partial charge on any atom is -0.493 e. The molecule has 0 amide bonds. The van der Waals surface area contributed by atoms with Crippen LogP contribution < -0.4 is 10.5 Å². The summed E-state index contributed by atoms with van der Waals surface area (Å²) < 4.78 is 5.90. The molecule has 1 atom stereocenters. The Bertz CT molecular complexity index is 362. The summed E-state index contributed by atoms with van der Waals surface area (Å²) in [6, 6.07) is 7.73. The van der Waals surface area contributed by atoms with E-state index in [0.29, 0.717) is 18.9 Å². The third kappa shape index (κ3) is 5.93. The maximum Gasteiger partial charge on any atom is 0.119 e. The summed E-state index contributed by atoms with van der Waals surface area (Å²) in [4.78, 5) is 0. The fourth-order valence-electron chi connectivity index (χ4n) is 2.48. The van der Waals surface area contributed by atoms with Crippen LogP contribution >= 0.6 is 0 Å². The Morgan fingerprint density at radius 3 is 2.45 bits per heavy atom. The van der Waals surface area contributed by atoms with E-state index in [1.807, 2.05) is 24.3 Å². The summed E-state index contributed by atoms with van der Waals surface area (Å²) in [5.41, 5.74) is 6.36. The van der Waals surface area contributed by atoms with Crippen LogP contribution in [0.3, 0.4) is 0 Å².